The predicted molar refractivity (Wildman–Crippen MR) is 130 cm³/mol. The Morgan fingerprint density at radius 2 is 1.75 bits per heavy atom. The molecule has 172 valence electrons. The number of halogens is 1. The van der Waals surface area contributed by atoms with Crippen LogP contribution in [0.15, 0.2) is 35.5 Å². The van der Waals surface area contributed by atoms with Crippen molar-refractivity contribution in [1.82, 2.24) is 14.9 Å². The zero-order valence-electron chi connectivity index (χ0n) is 18.8. The topological polar surface area (TPSA) is 61.8 Å². The predicted octanol–water partition coefficient (Wildman–Crippen LogP) is 3.49. The summed E-state index contributed by atoms with van der Waals surface area (Å²) in [5.41, 5.74) is 2.58. The summed E-state index contributed by atoms with van der Waals surface area (Å²) >= 11 is 7.64. The van der Waals surface area contributed by atoms with E-state index in [0.29, 0.717) is 29.2 Å². The summed E-state index contributed by atoms with van der Waals surface area (Å²) in [5, 5.41) is 0.941. The lowest BCUT2D eigenvalue weighted by molar-refractivity contribution is -0.140. The van der Waals surface area contributed by atoms with Gasteiger partial charge in [0.05, 0.1) is 18.0 Å². The van der Waals surface area contributed by atoms with Gasteiger partial charge in [-0.05, 0) is 32.4 Å². The molecular formula is C23H30ClN5O2S. The largest absolute Gasteiger partial charge is 0.372 e. The van der Waals surface area contributed by atoms with E-state index in [2.05, 4.69) is 46.0 Å². The Labute approximate surface area is 199 Å². The number of thioether (sulfide) groups is 1. The van der Waals surface area contributed by atoms with E-state index >= 15 is 0 Å². The van der Waals surface area contributed by atoms with E-state index in [1.54, 1.807) is 0 Å². The molecule has 0 N–H and O–H groups in total. The second kappa shape index (κ2) is 10.3. The number of amides is 1. The number of hydrogen-bond acceptors (Lipinski definition) is 7. The Morgan fingerprint density at radius 3 is 2.44 bits per heavy atom. The first kappa shape index (κ1) is 23.1. The van der Waals surface area contributed by atoms with E-state index in [1.807, 2.05) is 24.8 Å². The van der Waals surface area contributed by atoms with Gasteiger partial charge in [0.25, 0.3) is 0 Å². The summed E-state index contributed by atoms with van der Waals surface area (Å²) in [6.45, 7) is 10.9. The zero-order chi connectivity index (χ0) is 22.7. The van der Waals surface area contributed by atoms with Crippen molar-refractivity contribution in [2.45, 2.75) is 38.1 Å². The smallest absolute Gasteiger partial charge is 0.233 e. The molecule has 2 saturated heterocycles. The highest BCUT2D eigenvalue weighted by Gasteiger charge is 2.26. The third kappa shape index (κ3) is 5.66. The van der Waals surface area contributed by atoms with Crippen LogP contribution in [0, 0.1) is 6.92 Å². The molecule has 0 spiro atoms. The molecule has 2 unspecified atom stereocenters. The number of aryl methyl sites for hydroxylation is 1. The molecule has 1 aromatic carbocycles. The SMILES string of the molecule is Cc1ccccc1N1CCN(c2cc(Cl)nc(SCC(=O)N3CC(C)OC(C)C3)n2)CC1. The fraction of sp³-hybridized carbons (Fsp3) is 0.522. The number of morpholine rings is 1. The summed E-state index contributed by atoms with van der Waals surface area (Å²) in [6, 6.07) is 10.3. The lowest BCUT2D eigenvalue weighted by Gasteiger charge is -2.37. The number of nitrogens with zero attached hydrogens (tertiary/aromatic N) is 5. The number of anilines is 2. The fourth-order valence-electron chi connectivity index (χ4n) is 4.31. The standard InChI is InChI=1S/C23H30ClN5O2S/c1-16-6-4-5-7-19(16)27-8-10-28(11-9-27)21-12-20(24)25-23(26-21)32-15-22(30)29-13-17(2)31-18(3)14-29/h4-7,12,17-18H,8-11,13-15H2,1-3H3. The number of para-hydroxylation sites is 1. The van der Waals surface area contributed by atoms with Crippen LogP contribution in [0.5, 0.6) is 0 Å². The van der Waals surface area contributed by atoms with Crippen molar-refractivity contribution in [3.63, 3.8) is 0 Å². The first-order valence-electron chi connectivity index (χ1n) is 11.0. The number of carbonyl (C=O) groups excluding carboxylic acids is 1. The summed E-state index contributed by atoms with van der Waals surface area (Å²) in [6.07, 6.45) is 0.111. The summed E-state index contributed by atoms with van der Waals surface area (Å²) < 4.78 is 5.72. The van der Waals surface area contributed by atoms with Crippen molar-refractivity contribution in [3.8, 4) is 0 Å². The molecule has 2 aromatic rings. The van der Waals surface area contributed by atoms with Gasteiger partial charge in [0.1, 0.15) is 11.0 Å². The maximum Gasteiger partial charge on any atom is 0.233 e. The second-order valence-electron chi connectivity index (χ2n) is 8.44. The number of aromatic nitrogens is 2. The van der Waals surface area contributed by atoms with Crippen LogP contribution in [-0.4, -0.2) is 78.0 Å². The van der Waals surface area contributed by atoms with E-state index in [4.69, 9.17) is 21.3 Å². The Balaban J connectivity index is 1.36. The third-order valence-corrected chi connectivity index (χ3v) is 6.84. The molecule has 2 aliphatic heterocycles. The number of hydrogen-bond donors (Lipinski definition) is 0. The van der Waals surface area contributed by atoms with Gasteiger partial charge in [0.15, 0.2) is 5.16 Å². The van der Waals surface area contributed by atoms with Crippen LogP contribution < -0.4 is 9.80 Å². The molecule has 0 bridgehead atoms. The van der Waals surface area contributed by atoms with Crippen LogP contribution in [0.25, 0.3) is 0 Å². The van der Waals surface area contributed by atoms with Crippen molar-refractivity contribution in [2.24, 2.45) is 0 Å². The van der Waals surface area contributed by atoms with Crippen molar-refractivity contribution in [2.75, 3.05) is 54.8 Å². The molecule has 0 saturated carbocycles. The molecule has 4 rings (SSSR count). The monoisotopic (exact) mass is 475 g/mol. The minimum atomic E-state index is 0.0556. The highest BCUT2D eigenvalue weighted by Crippen LogP contribution is 2.26. The highest BCUT2D eigenvalue weighted by atomic mass is 35.5. The first-order valence-corrected chi connectivity index (χ1v) is 12.4. The molecule has 1 amide bonds. The number of benzene rings is 1. The lowest BCUT2D eigenvalue weighted by atomic mass is 10.1. The molecule has 3 heterocycles. The molecule has 2 aliphatic rings. The lowest BCUT2D eigenvalue weighted by Crippen LogP contribution is -2.48. The quantitative estimate of drug-likeness (QED) is 0.372. The molecule has 0 radical (unpaired) electrons. The van der Waals surface area contributed by atoms with Gasteiger partial charge in [-0.25, -0.2) is 9.97 Å². The maximum absolute atomic E-state index is 12.7. The Kier molecular flexibility index (Phi) is 7.43. The van der Waals surface area contributed by atoms with Gasteiger partial charge in [-0.2, -0.15) is 0 Å². The van der Waals surface area contributed by atoms with Crippen LogP contribution in [-0.2, 0) is 9.53 Å². The van der Waals surface area contributed by atoms with E-state index in [9.17, 15) is 4.79 Å². The van der Waals surface area contributed by atoms with Crippen LogP contribution in [0.4, 0.5) is 11.5 Å². The summed E-state index contributed by atoms with van der Waals surface area (Å²) in [7, 11) is 0. The molecular weight excluding hydrogens is 446 g/mol. The van der Waals surface area contributed by atoms with Gasteiger partial charge in [0, 0.05) is 51.0 Å². The second-order valence-corrected chi connectivity index (χ2v) is 9.77. The highest BCUT2D eigenvalue weighted by molar-refractivity contribution is 7.99. The number of rotatable bonds is 5. The van der Waals surface area contributed by atoms with Gasteiger partial charge in [0.2, 0.25) is 5.91 Å². The van der Waals surface area contributed by atoms with Crippen LogP contribution >= 0.6 is 23.4 Å². The minimum absolute atomic E-state index is 0.0556. The van der Waals surface area contributed by atoms with Crippen molar-refractivity contribution >= 4 is 40.8 Å². The minimum Gasteiger partial charge on any atom is -0.372 e. The Hall–Kier alpha value is -2.03. The van der Waals surface area contributed by atoms with Crippen LogP contribution in [0.2, 0.25) is 5.15 Å². The molecule has 1 aromatic heterocycles. The molecule has 0 aliphatic carbocycles. The van der Waals surface area contributed by atoms with Gasteiger partial charge in [-0.3, -0.25) is 4.79 Å². The number of carbonyl (C=O) groups is 1. The van der Waals surface area contributed by atoms with Gasteiger partial charge in [-0.1, -0.05) is 41.6 Å². The van der Waals surface area contributed by atoms with Gasteiger partial charge < -0.3 is 19.4 Å². The van der Waals surface area contributed by atoms with Crippen LogP contribution in [0.3, 0.4) is 0 Å². The average Bonchev–Trinajstić information content (AvgIpc) is 2.77. The maximum atomic E-state index is 12.7. The Bertz CT molecular complexity index is 944. The average molecular weight is 476 g/mol. The first-order chi connectivity index (χ1) is 15.4. The van der Waals surface area contributed by atoms with E-state index in [0.717, 1.165) is 32.0 Å². The zero-order valence-corrected chi connectivity index (χ0v) is 20.4. The number of ether oxygens (including phenoxy) is 1. The molecule has 2 atom stereocenters. The fourth-order valence-corrected chi connectivity index (χ4v) is 5.29. The Morgan fingerprint density at radius 1 is 1.09 bits per heavy atom. The molecule has 32 heavy (non-hydrogen) atoms. The van der Waals surface area contributed by atoms with Crippen LogP contribution in [0.1, 0.15) is 19.4 Å². The number of piperazine rings is 1. The van der Waals surface area contributed by atoms with Crippen molar-refractivity contribution < 1.29 is 9.53 Å². The van der Waals surface area contributed by atoms with Crippen molar-refractivity contribution in [3.05, 3.63) is 41.0 Å². The van der Waals surface area contributed by atoms with Gasteiger partial charge in [-0.15, -0.1) is 0 Å². The summed E-state index contributed by atoms with van der Waals surface area (Å²) in [4.78, 5) is 28.2. The normalized spacial score (nSPS) is 21.7. The van der Waals surface area contributed by atoms with E-state index < -0.39 is 0 Å². The summed E-state index contributed by atoms with van der Waals surface area (Å²) in [5.74, 6) is 1.19. The van der Waals surface area contributed by atoms with Gasteiger partial charge >= 0.3 is 0 Å². The van der Waals surface area contributed by atoms with Crippen molar-refractivity contribution in [1.29, 1.82) is 0 Å². The van der Waals surface area contributed by atoms with E-state index in [1.165, 1.54) is 23.0 Å². The van der Waals surface area contributed by atoms with E-state index in [-0.39, 0.29) is 18.1 Å². The third-order valence-electron chi connectivity index (χ3n) is 5.82. The molecule has 7 nitrogen and oxygen atoms in total. The molecule has 9 heteroatoms. The molecule has 2 fully saturated rings.